The lowest BCUT2D eigenvalue weighted by atomic mass is 9.97. The highest BCUT2D eigenvalue weighted by molar-refractivity contribution is 4.98. The standard InChI is InChI=1S/C16H26N2O2/c1-4-15(12-17-7-3-9-19-11-8-17)13-18(6-1)14-16-5-2-10-20-16/h2,5,10,15H,1,3-4,6-9,11-14H2/t15-/m0/s1. The van der Waals surface area contributed by atoms with Crippen molar-refractivity contribution in [2.45, 2.75) is 25.8 Å². The number of rotatable bonds is 4. The van der Waals surface area contributed by atoms with E-state index in [1.54, 1.807) is 6.26 Å². The molecule has 1 atom stereocenters. The molecule has 112 valence electrons. The van der Waals surface area contributed by atoms with E-state index >= 15 is 0 Å². The number of likely N-dealkylation sites (tertiary alicyclic amines) is 1. The van der Waals surface area contributed by atoms with Gasteiger partial charge in [0.15, 0.2) is 0 Å². The molecule has 2 saturated heterocycles. The van der Waals surface area contributed by atoms with Crippen LogP contribution in [0.5, 0.6) is 0 Å². The van der Waals surface area contributed by atoms with Crippen LogP contribution in [0.1, 0.15) is 25.0 Å². The van der Waals surface area contributed by atoms with Crippen molar-refractivity contribution in [2.75, 3.05) is 45.9 Å². The molecule has 0 spiro atoms. The van der Waals surface area contributed by atoms with Gasteiger partial charge in [-0.1, -0.05) is 0 Å². The van der Waals surface area contributed by atoms with Crippen molar-refractivity contribution in [1.82, 2.24) is 9.80 Å². The normalized spacial score (nSPS) is 26.5. The van der Waals surface area contributed by atoms with Crippen LogP contribution in [-0.2, 0) is 11.3 Å². The van der Waals surface area contributed by atoms with Crippen molar-refractivity contribution < 1.29 is 9.15 Å². The fourth-order valence-corrected chi connectivity index (χ4v) is 3.41. The number of hydrogen-bond acceptors (Lipinski definition) is 4. The molecule has 0 N–H and O–H groups in total. The Hall–Kier alpha value is -0.840. The third-order valence-corrected chi connectivity index (χ3v) is 4.39. The van der Waals surface area contributed by atoms with Crippen LogP contribution in [0.3, 0.4) is 0 Å². The van der Waals surface area contributed by atoms with Gasteiger partial charge in [-0.05, 0) is 43.9 Å². The summed E-state index contributed by atoms with van der Waals surface area (Å²) >= 11 is 0. The van der Waals surface area contributed by atoms with Crippen LogP contribution >= 0.6 is 0 Å². The highest BCUT2D eigenvalue weighted by Crippen LogP contribution is 2.20. The Balaban J connectivity index is 1.47. The Morgan fingerprint density at radius 1 is 1.10 bits per heavy atom. The average Bonchev–Trinajstić information content (AvgIpc) is 2.82. The third-order valence-electron chi connectivity index (χ3n) is 4.39. The van der Waals surface area contributed by atoms with Crippen LogP contribution in [0.2, 0.25) is 0 Å². The fraction of sp³-hybridized carbons (Fsp3) is 0.750. The number of ether oxygens (including phenoxy) is 1. The molecule has 4 nitrogen and oxygen atoms in total. The fourth-order valence-electron chi connectivity index (χ4n) is 3.41. The van der Waals surface area contributed by atoms with Gasteiger partial charge in [0.1, 0.15) is 5.76 Å². The van der Waals surface area contributed by atoms with Gasteiger partial charge in [-0.25, -0.2) is 0 Å². The predicted octanol–water partition coefficient (Wildman–Crippen LogP) is 2.21. The summed E-state index contributed by atoms with van der Waals surface area (Å²) in [5.74, 6) is 1.89. The zero-order valence-electron chi connectivity index (χ0n) is 12.3. The first-order chi connectivity index (χ1) is 9.90. The zero-order chi connectivity index (χ0) is 13.6. The lowest BCUT2D eigenvalue weighted by Crippen LogP contribution is -2.41. The third kappa shape index (κ3) is 4.08. The average molecular weight is 278 g/mol. The van der Waals surface area contributed by atoms with Crippen LogP contribution < -0.4 is 0 Å². The molecule has 0 aromatic carbocycles. The minimum Gasteiger partial charge on any atom is -0.468 e. The van der Waals surface area contributed by atoms with Crippen molar-refractivity contribution in [3.63, 3.8) is 0 Å². The molecular formula is C16H26N2O2. The van der Waals surface area contributed by atoms with Crippen molar-refractivity contribution in [3.8, 4) is 0 Å². The summed E-state index contributed by atoms with van der Waals surface area (Å²) in [6, 6.07) is 4.06. The lowest BCUT2D eigenvalue weighted by molar-refractivity contribution is 0.112. The van der Waals surface area contributed by atoms with Crippen LogP contribution in [0.15, 0.2) is 22.8 Å². The molecule has 0 aliphatic carbocycles. The van der Waals surface area contributed by atoms with Crippen molar-refractivity contribution in [3.05, 3.63) is 24.2 Å². The first-order valence-electron chi connectivity index (χ1n) is 7.95. The van der Waals surface area contributed by atoms with Gasteiger partial charge in [-0.15, -0.1) is 0 Å². The van der Waals surface area contributed by atoms with Crippen molar-refractivity contribution in [1.29, 1.82) is 0 Å². The SMILES string of the molecule is c1coc(CN2CCC[C@@H](CN3CCCOCC3)C2)c1. The number of piperidine rings is 1. The van der Waals surface area contributed by atoms with Gasteiger partial charge in [-0.3, -0.25) is 4.90 Å². The van der Waals surface area contributed by atoms with E-state index < -0.39 is 0 Å². The monoisotopic (exact) mass is 278 g/mol. The maximum Gasteiger partial charge on any atom is 0.117 e. The number of nitrogens with zero attached hydrogens (tertiary/aromatic N) is 2. The summed E-state index contributed by atoms with van der Waals surface area (Å²) in [6.07, 6.45) is 5.64. The molecule has 3 rings (SSSR count). The van der Waals surface area contributed by atoms with E-state index in [9.17, 15) is 0 Å². The van der Waals surface area contributed by atoms with E-state index in [-0.39, 0.29) is 0 Å². The van der Waals surface area contributed by atoms with E-state index in [2.05, 4.69) is 15.9 Å². The van der Waals surface area contributed by atoms with Crippen LogP contribution in [0.4, 0.5) is 0 Å². The lowest BCUT2D eigenvalue weighted by Gasteiger charge is -2.34. The van der Waals surface area contributed by atoms with Gasteiger partial charge >= 0.3 is 0 Å². The van der Waals surface area contributed by atoms with Gasteiger partial charge < -0.3 is 14.1 Å². The summed E-state index contributed by atoms with van der Waals surface area (Å²) in [6.45, 7) is 8.76. The minimum absolute atomic E-state index is 0.803. The molecule has 0 unspecified atom stereocenters. The summed E-state index contributed by atoms with van der Waals surface area (Å²) in [5.41, 5.74) is 0. The second-order valence-corrected chi connectivity index (χ2v) is 6.09. The van der Waals surface area contributed by atoms with Gasteiger partial charge in [0.25, 0.3) is 0 Å². The smallest absolute Gasteiger partial charge is 0.117 e. The molecule has 2 fully saturated rings. The van der Waals surface area contributed by atoms with Gasteiger partial charge in [0, 0.05) is 32.8 Å². The molecular weight excluding hydrogens is 252 g/mol. The molecule has 0 radical (unpaired) electrons. The Morgan fingerprint density at radius 2 is 2.05 bits per heavy atom. The second kappa shape index (κ2) is 7.25. The molecule has 0 saturated carbocycles. The molecule has 0 bridgehead atoms. The van der Waals surface area contributed by atoms with Crippen LogP contribution in [0.25, 0.3) is 0 Å². The Bertz CT molecular complexity index is 372. The molecule has 20 heavy (non-hydrogen) atoms. The summed E-state index contributed by atoms with van der Waals surface area (Å²) in [5, 5.41) is 0. The first kappa shape index (κ1) is 14.1. The number of furan rings is 1. The summed E-state index contributed by atoms with van der Waals surface area (Å²) < 4.78 is 11.0. The van der Waals surface area contributed by atoms with E-state index in [1.807, 2.05) is 6.07 Å². The number of hydrogen-bond donors (Lipinski definition) is 0. The first-order valence-corrected chi connectivity index (χ1v) is 7.95. The van der Waals surface area contributed by atoms with Crippen LogP contribution in [-0.4, -0.2) is 55.7 Å². The molecule has 2 aliphatic rings. The van der Waals surface area contributed by atoms with Crippen molar-refractivity contribution >= 4 is 0 Å². The van der Waals surface area contributed by atoms with Gasteiger partial charge in [-0.2, -0.15) is 0 Å². The largest absolute Gasteiger partial charge is 0.468 e. The van der Waals surface area contributed by atoms with Gasteiger partial charge in [0.2, 0.25) is 0 Å². The van der Waals surface area contributed by atoms with E-state index in [1.165, 1.54) is 45.4 Å². The Kier molecular flexibility index (Phi) is 5.12. The molecule has 2 aliphatic heterocycles. The quantitative estimate of drug-likeness (QED) is 0.844. The summed E-state index contributed by atoms with van der Waals surface area (Å²) in [4.78, 5) is 5.13. The maximum atomic E-state index is 5.54. The molecule has 1 aromatic heterocycles. The highest BCUT2D eigenvalue weighted by Gasteiger charge is 2.23. The summed E-state index contributed by atoms with van der Waals surface area (Å²) in [7, 11) is 0. The minimum atomic E-state index is 0.803. The molecule has 0 amide bonds. The van der Waals surface area contributed by atoms with Gasteiger partial charge in [0.05, 0.1) is 19.4 Å². The molecule has 3 heterocycles. The zero-order valence-corrected chi connectivity index (χ0v) is 12.3. The maximum absolute atomic E-state index is 5.54. The highest BCUT2D eigenvalue weighted by atomic mass is 16.5. The second-order valence-electron chi connectivity index (χ2n) is 6.09. The van der Waals surface area contributed by atoms with Crippen LogP contribution in [0, 0.1) is 5.92 Å². The van der Waals surface area contributed by atoms with E-state index in [0.29, 0.717) is 0 Å². The Labute approximate surface area is 121 Å². The van der Waals surface area contributed by atoms with Crippen molar-refractivity contribution in [2.24, 2.45) is 5.92 Å². The van der Waals surface area contributed by atoms with E-state index in [0.717, 1.165) is 38.0 Å². The Morgan fingerprint density at radius 3 is 2.95 bits per heavy atom. The molecule has 1 aromatic rings. The van der Waals surface area contributed by atoms with E-state index in [4.69, 9.17) is 9.15 Å². The predicted molar refractivity (Wildman–Crippen MR) is 78.6 cm³/mol. The molecule has 4 heteroatoms. The topological polar surface area (TPSA) is 28.9 Å².